The van der Waals surface area contributed by atoms with Gasteiger partial charge < -0.3 is 15.7 Å². The van der Waals surface area contributed by atoms with Gasteiger partial charge in [-0.15, -0.1) is 0 Å². The summed E-state index contributed by atoms with van der Waals surface area (Å²) in [6.45, 7) is 6.59. The minimum Gasteiger partial charge on any atom is -0.480 e. The molecule has 0 fully saturated rings. The molecule has 0 heterocycles. The molecule has 2 amide bonds. The molecular formula is C13H26N2O3. The lowest BCUT2D eigenvalue weighted by Gasteiger charge is -2.17. The Morgan fingerprint density at radius 2 is 1.83 bits per heavy atom. The highest BCUT2D eigenvalue weighted by Crippen LogP contribution is 2.10. The van der Waals surface area contributed by atoms with Crippen LogP contribution in [0.1, 0.15) is 52.9 Å². The number of unbranched alkanes of at least 4 members (excludes halogenated alkanes) is 1. The molecule has 0 rings (SSSR count). The van der Waals surface area contributed by atoms with Crippen molar-refractivity contribution in [2.75, 3.05) is 6.54 Å². The molecule has 0 saturated heterocycles. The molecule has 0 aromatic carbocycles. The minimum atomic E-state index is -0.995. The maximum atomic E-state index is 11.5. The molecule has 0 bridgehead atoms. The normalized spacial score (nSPS) is 13.7. The van der Waals surface area contributed by atoms with Gasteiger partial charge in [0.2, 0.25) is 0 Å². The van der Waals surface area contributed by atoms with Crippen molar-refractivity contribution >= 4 is 12.0 Å². The van der Waals surface area contributed by atoms with E-state index in [1.54, 1.807) is 6.92 Å². The summed E-state index contributed by atoms with van der Waals surface area (Å²) in [7, 11) is 0. The van der Waals surface area contributed by atoms with E-state index in [2.05, 4.69) is 24.5 Å². The third-order valence-electron chi connectivity index (χ3n) is 3.11. The maximum Gasteiger partial charge on any atom is 0.326 e. The van der Waals surface area contributed by atoms with E-state index in [9.17, 15) is 9.59 Å². The SMILES string of the molecule is CCCCC(CC)CNC(=O)N[C@@H](CC)C(=O)O. The number of carboxylic acid groups (broad SMARTS) is 1. The first kappa shape index (κ1) is 16.7. The molecule has 5 heteroatoms. The Kier molecular flexibility index (Phi) is 9.06. The van der Waals surface area contributed by atoms with E-state index in [-0.39, 0.29) is 6.03 Å². The molecule has 0 aliphatic carbocycles. The van der Waals surface area contributed by atoms with Crippen molar-refractivity contribution in [2.24, 2.45) is 5.92 Å². The Labute approximate surface area is 109 Å². The van der Waals surface area contributed by atoms with E-state index in [1.165, 1.54) is 0 Å². The number of nitrogens with one attached hydrogen (secondary N) is 2. The molecule has 0 aliphatic rings. The fraction of sp³-hybridized carbons (Fsp3) is 0.846. The zero-order valence-electron chi connectivity index (χ0n) is 11.7. The number of amides is 2. The first-order valence-corrected chi connectivity index (χ1v) is 6.82. The standard InChI is InChI=1S/C13H26N2O3/c1-4-7-8-10(5-2)9-14-13(18)15-11(6-3)12(16)17/h10-11H,4-9H2,1-3H3,(H,16,17)(H2,14,15,18)/t10?,11-/m0/s1. The highest BCUT2D eigenvalue weighted by atomic mass is 16.4. The van der Waals surface area contributed by atoms with Crippen molar-refractivity contribution in [3.8, 4) is 0 Å². The lowest BCUT2D eigenvalue weighted by Crippen LogP contribution is -2.46. The van der Waals surface area contributed by atoms with E-state index < -0.39 is 12.0 Å². The Balaban J connectivity index is 3.96. The van der Waals surface area contributed by atoms with Crippen LogP contribution in [0.25, 0.3) is 0 Å². The Hall–Kier alpha value is -1.26. The van der Waals surface area contributed by atoms with Gasteiger partial charge in [-0.1, -0.05) is 40.0 Å². The average Bonchev–Trinajstić information content (AvgIpc) is 2.35. The lowest BCUT2D eigenvalue weighted by molar-refractivity contribution is -0.139. The van der Waals surface area contributed by atoms with Crippen molar-refractivity contribution in [2.45, 2.75) is 58.9 Å². The van der Waals surface area contributed by atoms with Gasteiger partial charge >= 0.3 is 12.0 Å². The molecule has 0 radical (unpaired) electrons. The monoisotopic (exact) mass is 258 g/mol. The summed E-state index contributed by atoms with van der Waals surface area (Å²) >= 11 is 0. The van der Waals surface area contributed by atoms with Crippen LogP contribution in [0.2, 0.25) is 0 Å². The summed E-state index contributed by atoms with van der Waals surface area (Å²) in [4.78, 5) is 22.3. The molecule has 0 aromatic rings. The lowest BCUT2D eigenvalue weighted by atomic mass is 9.99. The molecule has 0 aliphatic heterocycles. The maximum absolute atomic E-state index is 11.5. The second-order valence-electron chi connectivity index (χ2n) is 4.57. The van der Waals surface area contributed by atoms with Crippen LogP contribution in [0.15, 0.2) is 0 Å². The van der Waals surface area contributed by atoms with Crippen molar-refractivity contribution < 1.29 is 14.7 Å². The minimum absolute atomic E-state index is 0.385. The van der Waals surface area contributed by atoms with Crippen molar-refractivity contribution in [3.05, 3.63) is 0 Å². The van der Waals surface area contributed by atoms with Crippen LogP contribution in [-0.2, 0) is 4.79 Å². The van der Waals surface area contributed by atoms with Crippen molar-refractivity contribution in [1.82, 2.24) is 10.6 Å². The Morgan fingerprint density at radius 1 is 1.17 bits per heavy atom. The molecule has 2 atom stereocenters. The smallest absolute Gasteiger partial charge is 0.326 e. The van der Waals surface area contributed by atoms with E-state index in [0.29, 0.717) is 18.9 Å². The number of carbonyl (C=O) groups is 2. The fourth-order valence-electron chi connectivity index (χ4n) is 1.73. The molecular weight excluding hydrogens is 232 g/mol. The number of carbonyl (C=O) groups excluding carboxylic acids is 1. The van der Waals surface area contributed by atoms with Gasteiger partial charge in [0.15, 0.2) is 0 Å². The van der Waals surface area contributed by atoms with Gasteiger partial charge in [0.1, 0.15) is 6.04 Å². The molecule has 5 nitrogen and oxygen atoms in total. The average molecular weight is 258 g/mol. The Morgan fingerprint density at radius 3 is 2.28 bits per heavy atom. The van der Waals surface area contributed by atoms with Crippen molar-refractivity contribution in [1.29, 1.82) is 0 Å². The summed E-state index contributed by atoms with van der Waals surface area (Å²) in [6.07, 6.45) is 4.82. The Bertz CT molecular complexity index is 257. The number of aliphatic carboxylic acids is 1. The van der Waals surface area contributed by atoms with Gasteiger partial charge in [0, 0.05) is 6.54 Å². The molecule has 0 aromatic heterocycles. The number of carboxylic acids is 1. The topological polar surface area (TPSA) is 78.4 Å². The second kappa shape index (κ2) is 9.74. The third kappa shape index (κ3) is 7.14. The predicted octanol–water partition coefficient (Wildman–Crippen LogP) is 2.37. The summed E-state index contributed by atoms with van der Waals surface area (Å²) in [5.41, 5.74) is 0. The first-order chi connectivity index (χ1) is 8.54. The van der Waals surface area contributed by atoms with Crippen LogP contribution in [-0.4, -0.2) is 29.7 Å². The summed E-state index contributed by atoms with van der Waals surface area (Å²) in [5, 5.41) is 14.0. The van der Waals surface area contributed by atoms with Crippen LogP contribution in [0.4, 0.5) is 4.79 Å². The van der Waals surface area contributed by atoms with Gasteiger partial charge in [-0.05, 0) is 18.8 Å². The predicted molar refractivity (Wildman–Crippen MR) is 71.6 cm³/mol. The molecule has 1 unspecified atom stereocenters. The zero-order chi connectivity index (χ0) is 14.0. The van der Waals surface area contributed by atoms with Gasteiger partial charge in [-0.25, -0.2) is 9.59 Å². The van der Waals surface area contributed by atoms with Gasteiger partial charge in [-0.2, -0.15) is 0 Å². The second-order valence-corrected chi connectivity index (χ2v) is 4.57. The van der Waals surface area contributed by atoms with Gasteiger partial charge in [-0.3, -0.25) is 0 Å². The largest absolute Gasteiger partial charge is 0.480 e. The summed E-state index contributed by atoms with van der Waals surface area (Å²) in [5.74, 6) is -0.522. The number of rotatable bonds is 9. The summed E-state index contributed by atoms with van der Waals surface area (Å²) in [6, 6.07) is -1.19. The third-order valence-corrected chi connectivity index (χ3v) is 3.11. The van der Waals surface area contributed by atoms with Gasteiger partial charge in [0.05, 0.1) is 0 Å². The zero-order valence-corrected chi connectivity index (χ0v) is 11.7. The van der Waals surface area contributed by atoms with E-state index in [0.717, 1.165) is 25.7 Å². The van der Waals surface area contributed by atoms with Crippen LogP contribution in [0, 0.1) is 5.92 Å². The van der Waals surface area contributed by atoms with E-state index in [1.807, 2.05) is 0 Å². The van der Waals surface area contributed by atoms with Crippen LogP contribution in [0.5, 0.6) is 0 Å². The number of hydrogen-bond donors (Lipinski definition) is 3. The van der Waals surface area contributed by atoms with Crippen LogP contribution < -0.4 is 10.6 Å². The quantitative estimate of drug-likeness (QED) is 0.594. The van der Waals surface area contributed by atoms with E-state index in [4.69, 9.17) is 5.11 Å². The molecule has 0 saturated carbocycles. The molecule has 0 spiro atoms. The highest BCUT2D eigenvalue weighted by molar-refractivity contribution is 5.82. The molecule has 3 N–H and O–H groups in total. The summed E-state index contributed by atoms with van der Waals surface area (Å²) < 4.78 is 0. The van der Waals surface area contributed by atoms with E-state index >= 15 is 0 Å². The van der Waals surface area contributed by atoms with Crippen LogP contribution in [0.3, 0.4) is 0 Å². The first-order valence-electron chi connectivity index (χ1n) is 6.82. The molecule has 18 heavy (non-hydrogen) atoms. The van der Waals surface area contributed by atoms with Crippen LogP contribution >= 0.6 is 0 Å². The van der Waals surface area contributed by atoms with Gasteiger partial charge in [0.25, 0.3) is 0 Å². The van der Waals surface area contributed by atoms with Crippen molar-refractivity contribution in [3.63, 3.8) is 0 Å². The number of urea groups is 1. The number of hydrogen-bond acceptors (Lipinski definition) is 2. The highest BCUT2D eigenvalue weighted by Gasteiger charge is 2.17. The fourth-order valence-corrected chi connectivity index (χ4v) is 1.73. The molecule has 106 valence electrons.